The summed E-state index contributed by atoms with van der Waals surface area (Å²) in [5.41, 5.74) is 1.27. The highest BCUT2D eigenvalue weighted by Gasteiger charge is 2.28. The molecule has 1 atom stereocenters. The molecule has 0 aromatic heterocycles. The number of anilines is 1. The van der Waals surface area contributed by atoms with Gasteiger partial charge in [0.05, 0.1) is 5.92 Å². The van der Waals surface area contributed by atoms with Crippen molar-refractivity contribution in [3.05, 3.63) is 29.8 Å². The standard InChI is InChI=1S/C20H29N3O3/c1-3-6-18(24)22-17-10-8-15(9-11-17)20(26)23-13-5-7-16(14-23)19(25)21-12-4-2/h8-11,16H,3-7,12-14H2,1-2H3,(H,21,25)(H,22,24)/t16-/m0/s1. The van der Waals surface area contributed by atoms with Gasteiger partial charge >= 0.3 is 0 Å². The molecule has 2 N–H and O–H groups in total. The summed E-state index contributed by atoms with van der Waals surface area (Å²) in [5.74, 6) is -0.182. The molecule has 1 fully saturated rings. The first-order valence-corrected chi connectivity index (χ1v) is 9.52. The molecule has 1 aliphatic rings. The van der Waals surface area contributed by atoms with E-state index in [9.17, 15) is 14.4 Å². The molecular weight excluding hydrogens is 330 g/mol. The minimum absolute atomic E-state index is 0.0245. The van der Waals surface area contributed by atoms with Crippen molar-refractivity contribution in [3.8, 4) is 0 Å². The molecule has 2 rings (SSSR count). The lowest BCUT2D eigenvalue weighted by Crippen LogP contribution is -2.45. The lowest BCUT2D eigenvalue weighted by Gasteiger charge is -2.32. The van der Waals surface area contributed by atoms with Gasteiger partial charge in [-0.1, -0.05) is 13.8 Å². The lowest BCUT2D eigenvalue weighted by atomic mass is 9.96. The van der Waals surface area contributed by atoms with Gasteiger partial charge in [-0.3, -0.25) is 14.4 Å². The van der Waals surface area contributed by atoms with Crippen molar-refractivity contribution in [2.24, 2.45) is 5.92 Å². The van der Waals surface area contributed by atoms with E-state index in [2.05, 4.69) is 10.6 Å². The molecular formula is C20H29N3O3. The van der Waals surface area contributed by atoms with Crippen LogP contribution >= 0.6 is 0 Å². The third kappa shape index (κ3) is 5.58. The van der Waals surface area contributed by atoms with Crippen LogP contribution in [0.2, 0.25) is 0 Å². The minimum atomic E-state index is -0.133. The lowest BCUT2D eigenvalue weighted by molar-refractivity contribution is -0.126. The maximum atomic E-state index is 12.7. The topological polar surface area (TPSA) is 78.5 Å². The summed E-state index contributed by atoms with van der Waals surface area (Å²) >= 11 is 0. The highest BCUT2D eigenvalue weighted by molar-refractivity contribution is 5.96. The van der Waals surface area contributed by atoms with Crippen molar-refractivity contribution in [2.45, 2.75) is 46.0 Å². The number of rotatable bonds is 7. The van der Waals surface area contributed by atoms with Gasteiger partial charge in [0.2, 0.25) is 11.8 Å². The van der Waals surface area contributed by atoms with Gasteiger partial charge in [-0.15, -0.1) is 0 Å². The van der Waals surface area contributed by atoms with E-state index in [0.29, 0.717) is 37.3 Å². The van der Waals surface area contributed by atoms with E-state index in [1.165, 1.54) is 0 Å². The number of nitrogens with one attached hydrogen (secondary N) is 2. The summed E-state index contributed by atoms with van der Waals surface area (Å²) in [6.07, 6.45) is 3.84. The van der Waals surface area contributed by atoms with Gasteiger partial charge in [0, 0.05) is 37.3 Å². The van der Waals surface area contributed by atoms with Gasteiger partial charge in [0.15, 0.2) is 0 Å². The number of hydrogen-bond acceptors (Lipinski definition) is 3. The molecule has 6 nitrogen and oxygen atoms in total. The van der Waals surface area contributed by atoms with E-state index in [4.69, 9.17) is 0 Å². The van der Waals surface area contributed by atoms with Crippen molar-refractivity contribution < 1.29 is 14.4 Å². The Balaban J connectivity index is 1.95. The molecule has 1 heterocycles. The Morgan fingerprint density at radius 1 is 1.12 bits per heavy atom. The van der Waals surface area contributed by atoms with Crippen LogP contribution in [-0.4, -0.2) is 42.3 Å². The number of carbonyl (C=O) groups is 3. The Morgan fingerprint density at radius 3 is 2.50 bits per heavy atom. The maximum absolute atomic E-state index is 12.7. The molecule has 0 saturated carbocycles. The van der Waals surface area contributed by atoms with E-state index < -0.39 is 0 Å². The summed E-state index contributed by atoms with van der Waals surface area (Å²) < 4.78 is 0. The van der Waals surface area contributed by atoms with Gasteiger partial charge in [-0.25, -0.2) is 0 Å². The van der Waals surface area contributed by atoms with Crippen LogP contribution in [0.25, 0.3) is 0 Å². The number of carbonyl (C=O) groups excluding carboxylic acids is 3. The molecule has 142 valence electrons. The van der Waals surface area contributed by atoms with Crippen molar-refractivity contribution in [3.63, 3.8) is 0 Å². The summed E-state index contributed by atoms with van der Waals surface area (Å²) in [6, 6.07) is 6.95. The average molecular weight is 359 g/mol. The molecule has 0 spiro atoms. The van der Waals surface area contributed by atoms with Crippen LogP contribution in [0.4, 0.5) is 5.69 Å². The summed E-state index contributed by atoms with van der Waals surface area (Å²) in [4.78, 5) is 38.3. The first kappa shape index (κ1) is 19.9. The van der Waals surface area contributed by atoms with Gasteiger partial charge < -0.3 is 15.5 Å². The van der Waals surface area contributed by atoms with E-state index in [1.54, 1.807) is 29.2 Å². The average Bonchev–Trinajstić information content (AvgIpc) is 2.66. The molecule has 1 aliphatic heterocycles. The number of piperidine rings is 1. The number of amides is 3. The largest absolute Gasteiger partial charge is 0.356 e. The summed E-state index contributed by atoms with van der Waals surface area (Å²) in [6.45, 7) is 5.78. The summed E-state index contributed by atoms with van der Waals surface area (Å²) in [5, 5.41) is 5.73. The highest BCUT2D eigenvalue weighted by Crippen LogP contribution is 2.20. The van der Waals surface area contributed by atoms with E-state index in [0.717, 1.165) is 25.7 Å². The molecule has 0 unspecified atom stereocenters. The van der Waals surface area contributed by atoms with Gasteiger partial charge in [-0.2, -0.15) is 0 Å². The normalized spacial score (nSPS) is 16.8. The predicted octanol–water partition coefficient (Wildman–Crippen LogP) is 2.80. The number of hydrogen-bond donors (Lipinski definition) is 2. The molecule has 0 bridgehead atoms. The molecule has 1 aromatic rings. The zero-order chi connectivity index (χ0) is 18.9. The Kier molecular flexibility index (Phi) is 7.63. The van der Waals surface area contributed by atoms with Crippen molar-refractivity contribution >= 4 is 23.4 Å². The van der Waals surface area contributed by atoms with Crippen molar-refractivity contribution in [2.75, 3.05) is 25.0 Å². The molecule has 3 amide bonds. The highest BCUT2D eigenvalue weighted by atomic mass is 16.2. The second kappa shape index (κ2) is 9.94. The number of likely N-dealkylation sites (tertiary alicyclic amines) is 1. The van der Waals surface area contributed by atoms with Crippen LogP contribution in [0.15, 0.2) is 24.3 Å². The SMILES string of the molecule is CCCNC(=O)[C@H]1CCCN(C(=O)c2ccc(NC(=O)CCC)cc2)C1. The Bertz CT molecular complexity index is 628. The third-order valence-corrected chi connectivity index (χ3v) is 4.52. The number of nitrogens with zero attached hydrogens (tertiary/aromatic N) is 1. The van der Waals surface area contributed by atoms with E-state index in [1.807, 2.05) is 13.8 Å². The summed E-state index contributed by atoms with van der Waals surface area (Å²) in [7, 11) is 0. The van der Waals surface area contributed by atoms with Crippen LogP contribution in [0.3, 0.4) is 0 Å². The maximum Gasteiger partial charge on any atom is 0.253 e. The van der Waals surface area contributed by atoms with Gasteiger partial charge in [0.25, 0.3) is 5.91 Å². The Morgan fingerprint density at radius 2 is 1.85 bits per heavy atom. The quantitative estimate of drug-likeness (QED) is 0.786. The first-order valence-electron chi connectivity index (χ1n) is 9.52. The van der Waals surface area contributed by atoms with Crippen LogP contribution < -0.4 is 10.6 Å². The molecule has 0 aliphatic carbocycles. The van der Waals surface area contributed by atoms with Crippen LogP contribution in [0.5, 0.6) is 0 Å². The molecule has 6 heteroatoms. The monoisotopic (exact) mass is 359 g/mol. The molecule has 1 aromatic carbocycles. The fraction of sp³-hybridized carbons (Fsp3) is 0.550. The van der Waals surface area contributed by atoms with Crippen molar-refractivity contribution in [1.29, 1.82) is 0 Å². The fourth-order valence-corrected chi connectivity index (χ4v) is 3.10. The third-order valence-electron chi connectivity index (χ3n) is 4.52. The fourth-order valence-electron chi connectivity index (χ4n) is 3.10. The van der Waals surface area contributed by atoms with Crippen LogP contribution in [0.1, 0.15) is 56.3 Å². The van der Waals surface area contributed by atoms with E-state index in [-0.39, 0.29) is 23.6 Å². The van der Waals surface area contributed by atoms with E-state index >= 15 is 0 Å². The first-order chi connectivity index (χ1) is 12.5. The van der Waals surface area contributed by atoms with Crippen molar-refractivity contribution in [1.82, 2.24) is 10.2 Å². The second-order valence-corrected chi connectivity index (χ2v) is 6.76. The smallest absolute Gasteiger partial charge is 0.253 e. The Hall–Kier alpha value is -2.37. The van der Waals surface area contributed by atoms with Crippen LogP contribution in [0, 0.1) is 5.92 Å². The van der Waals surface area contributed by atoms with Gasteiger partial charge in [-0.05, 0) is 49.9 Å². The molecule has 0 radical (unpaired) electrons. The zero-order valence-electron chi connectivity index (χ0n) is 15.7. The van der Waals surface area contributed by atoms with Gasteiger partial charge in [0.1, 0.15) is 0 Å². The minimum Gasteiger partial charge on any atom is -0.356 e. The predicted molar refractivity (Wildman–Crippen MR) is 102 cm³/mol. The Labute approximate surface area is 155 Å². The second-order valence-electron chi connectivity index (χ2n) is 6.76. The molecule has 1 saturated heterocycles. The zero-order valence-corrected chi connectivity index (χ0v) is 15.7. The molecule has 26 heavy (non-hydrogen) atoms. The van der Waals surface area contributed by atoms with Crippen LogP contribution in [-0.2, 0) is 9.59 Å². The number of benzene rings is 1.